The number of guanidine groups is 1. The molecule has 0 bridgehead atoms. The van der Waals surface area contributed by atoms with E-state index in [1.54, 1.807) is 6.07 Å². The van der Waals surface area contributed by atoms with Gasteiger partial charge in [-0.05, 0) is 34.1 Å². The van der Waals surface area contributed by atoms with Gasteiger partial charge in [-0.2, -0.15) is 0 Å². The summed E-state index contributed by atoms with van der Waals surface area (Å²) in [5.41, 5.74) is 5.78. The predicted molar refractivity (Wildman–Crippen MR) is 99.5 cm³/mol. The van der Waals surface area contributed by atoms with Crippen LogP contribution in [0.2, 0.25) is 0 Å². The molecule has 126 valence electrons. The number of anilines is 1. The van der Waals surface area contributed by atoms with Crippen molar-refractivity contribution in [1.82, 2.24) is 0 Å². The lowest BCUT2D eigenvalue weighted by Gasteiger charge is -2.14. The zero-order valence-corrected chi connectivity index (χ0v) is 16.2. The second-order valence-corrected chi connectivity index (χ2v) is 6.01. The number of aliphatic imine (C=N–C) groups is 1. The van der Waals surface area contributed by atoms with Gasteiger partial charge in [0.1, 0.15) is 0 Å². The number of nitrogens with zero attached hydrogens (tertiary/aromatic N) is 1. The quantitative estimate of drug-likeness (QED) is 0.340. The first kappa shape index (κ1) is 20.0. The van der Waals surface area contributed by atoms with Crippen LogP contribution in [0.5, 0.6) is 5.75 Å². The molecule has 0 saturated heterocycles. The number of halogens is 5. The van der Waals surface area contributed by atoms with Gasteiger partial charge < -0.3 is 15.8 Å². The molecule has 23 heavy (non-hydrogen) atoms. The highest BCUT2D eigenvalue weighted by atomic mass is 127. The molecule has 10 heteroatoms. The number of benzene rings is 1. The van der Waals surface area contributed by atoms with Gasteiger partial charge in [0.15, 0.2) is 11.7 Å². The summed E-state index contributed by atoms with van der Waals surface area (Å²) >= 11 is 4.82. The van der Waals surface area contributed by atoms with E-state index in [0.717, 1.165) is 9.35 Å². The summed E-state index contributed by atoms with van der Waals surface area (Å²) in [6, 6.07) is 7.50. The summed E-state index contributed by atoms with van der Waals surface area (Å²) < 4.78 is 41.8. The Bertz CT molecular complexity index is 678. The number of thiophene rings is 1. The molecule has 1 aromatic carbocycles. The number of nitrogens with two attached hydrogens (primary N) is 1. The van der Waals surface area contributed by atoms with Gasteiger partial charge in [0.05, 0.1) is 12.2 Å². The van der Waals surface area contributed by atoms with Crippen LogP contribution < -0.4 is 15.8 Å². The Kier molecular flexibility index (Phi) is 7.61. The van der Waals surface area contributed by atoms with Gasteiger partial charge in [0.25, 0.3) is 0 Å². The monoisotopic (exact) mass is 521 g/mol. The maximum Gasteiger partial charge on any atom is 0.573 e. The van der Waals surface area contributed by atoms with E-state index in [1.807, 2.05) is 11.4 Å². The van der Waals surface area contributed by atoms with Gasteiger partial charge in [-0.25, -0.2) is 4.99 Å². The number of ether oxygens (including phenoxy) is 1. The van der Waals surface area contributed by atoms with Crippen molar-refractivity contribution in [3.63, 3.8) is 0 Å². The van der Waals surface area contributed by atoms with E-state index in [0.29, 0.717) is 6.54 Å². The third-order valence-electron chi connectivity index (χ3n) is 2.40. The van der Waals surface area contributed by atoms with Crippen LogP contribution in [-0.4, -0.2) is 12.3 Å². The van der Waals surface area contributed by atoms with E-state index in [9.17, 15) is 13.2 Å². The first-order chi connectivity index (χ1) is 10.3. The van der Waals surface area contributed by atoms with E-state index in [2.05, 4.69) is 31.0 Å². The van der Waals surface area contributed by atoms with Crippen LogP contribution >= 0.6 is 51.2 Å². The van der Waals surface area contributed by atoms with E-state index in [4.69, 9.17) is 5.73 Å². The summed E-state index contributed by atoms with van der Waals surface area (Å²) in [4.78, 5) is 5.05. The van der Waals surface area contributed by atoms with Crippen molar-refractivity contribution >= 4 is 62.9 Å². The molecule has 2 rings (SSSR count). The van der Waals surface area contributed by atoms with Gasteiger partial charge >= 0.3 is 6.36 Å². The summed E-state index contributed by atoms with van der Waals surface area (Å²) in [6.07, 6.45) is -4.77. The van der Waals surface area contributed by atoms with Crippen molar-refractivity contribution in [3.8, 4) is 5.75 Å². The summed E-state index contributed by atoms with van der Waals surface area (Å²) in [5, 5.41) is 4.51. The number of para-hydroxylation sites is 2. The molecule has 2 aromatic rings. The summed E-state index contributed by atoms with van der Waals surface area (Å²) in [7, 11) is 0. The third-order valence-corrected chi connectivity index (χ3v) is 4.08. The molecule has 3 N–H and O–H groups in total. The fourth-order valence-electron chi connectivity index (χ4n) is 1.56. The minimum atomic E-state index is -4.77. The molecule has 1 heterocycles. The Hall–Kier alpha value is -1.01. The number of hydrogen-bond acceptors (Lipinski definition) is 3. The average molecular weight is 522 g/mol. The molecule has 0 saturated carbocycles. The minimum Gasteiger partial charge on any atom is -0.404 e. The maximum atomic E-state index is 12.3. The fourth-order valence-corrected chi connectivity index (χ4v) is 2.94. The van der Waals surface area contributed by atoms with Crippen LogP contribution in [0.4, 0.5) is 18.9 Å². The Labute approximate surface area is 160 Å². The second-order valence-electron chi connectivity index (χ2n) is 4.10. The molecule has 0 atom stereocenters. The highest BCUT2D eigenvalue weighted by Gasteiger charge is 2.32. The molecule has 0 amide bonds. The first-order valence-corrected chi connectivity index (χ1v) is 7.65. The Balaban J connectivity index is 0.00000264. The molecule has 4 nitrogen and oxygen atoms in total. The van der Waals surface area contributed by atoms with Gasteiger partial charge in [-0.1, -0.05) is 12.1 Å². The molecule has 0 unspecified atom stereocenters. The van der Waals surface area contributed by atoms with Crippen molar-refractivity contribution in [2.45, 2.75) is 12.9 Å². The number of rotatable bonds is 4. The molecular formula is C13H12BrF3IN3OS. The van der Waals surface area contributed by atoms with Crippen LogP contribution in [-0.2, 0) is 6.54 Å². The van der Waals surface area contributed by atoms with Crippen LogP contribution in [0.15, 0.2) is 45.2 Å². The molecule has 0 aliphatic heterocycles. The smallest absolute Gasteiger partial charge is 0.404 e. The first-order valence-electron chi connectivity index (χ1n) is 5.98. The zero-order chi connectivity index (χ0) is 16.2. The SMILES string of the molecule is I.NC(=NCc1cc(Br)cs1)Nc1ccccc1OC(F)(F)F. The number of alkyl halides is 3. The number of hydrogen-bond donors (Lipinski definition) is 2. The molecular weight excluding hydrogens is 510 g/mol. The summed E-state index contributed by atoms with van der Waals surface area (Å²) in [5.74, 6) is -0.366. The van der Waals surface area contributed by atoms with Crippen LogP contribution in [0.3, 0.4) is 0 Å². The maximum absolute atomic E-state index is 12.3. The van der Waals surface area contributed by atoms with Crippen LogP contribution in [0.1, 0.15) is 4.88 Å². The van der Waals surface area contributed by atoms with Crippen molar-refractivity contribution in [3.05, 3.63) is 45.1 Å². The van der Waals surface area contributed by atoms with Crippen LogP contribution in [0, 0.1) is 0 Å². The Morgan fingerprint density at radius 1 is 1.35 bits per heavy atom. The lowest BCUT2D eigenvalue weighted by Crippen LogP contribution is -2.24. The molecule has 0 aliphatic rings. The van der Waals surface area contributed by atoms with E-state index in [1.165, 1.54) is 29.5 Å². The van der Waals surface area contributed by atoms with Crippen molar-refractivity contribution in [2.24, 2.45) is 10.7 Å². The van der Waals surface area contributed by atoms with Gasteiger partial charge in [-0.15, -0.1) is 48.5 Å². The van der Waals surface area contributed by atoms with Gasteiger partial charge in [0.2, 0.25) is 0 Å². The highest BCUT2D eigenvalue weighted by Crippen LogP contribution is 2.29. The van der Waals surface area contributed by atoms with Crippen LogP contribution in [0.25, 0.3) is 0 Å². The van der Waals surface area contributed by atoms with Crippen molar-refractivity contribution in [1.29, 1.82) is 0 Å². The lowest BCUT2D eigenvalue weighted by atomic mass is 10.3. The zero-order valence-electron chi connectivity index (χ0n) is 11.4. The normalized spacial score (nSPS) is 11.7. The van der Waals surface area contributed by atoms with Gasteiger partial charge in [-0.3, -0.25) is 0 Å². The van der Waals surface area contributed by atoms with Crippen molar-refractivity contribution in [2.75, 3.05) is 5.32 Å². The second kappa shape index (κ2) is 8.73. The standard InChI is InChI=1S/C13H11BrF3N3OS.HI/c14-8-5-9(22-7-8)6-19-12(18)20-10-3-1-2-4-11(10)21-13(15,16)17;/h1-5,7H,6H2,(H3,18,19,20);1H. The summed E-state index contributed by atoms with van der Waals surface area (Å²) in [6.45, 7) is 0.331. The molecule has 1 aromatic heterocycles. The molecule has 0 radical (unpaired) electrons. The van der Waals surface area contributed by atoms with E-state index in [-0.39, 0.29) is 41.4 Å². The van der Waals surface area contributed by atoms with E-state index >= 15 is 0 Å². The topological polar surface area (TPSA) is 59.6 Å². The highest BCUT2D eigenvalue weighted by molar-refractivity contribution is 14.0. The van der Waals surface area contributed by atoms with E-state index < -0.39 is 6.36 Å². The third kappa shape index (κ3) is 6.96. The minimum absolute atomic E-state index is 0. The molecule has 0 fully saturated rings. The lowest BCUT2D eigenvalue weighted by molar-refractivity contribution is -0.274. The fraction of sp³-hybridized carbons (Fsp3) is 0.154. The average Bonchev–Trinajstić information content (AvgIpc) is 2.83. The van der Waals surface area contributed by atoms with Gasteiger partial charge in [0, 0.05) is 14.7 Å². The molecule has 0 spiro atoms. The molecule has 0 aliphatic carbocycles. The largest absolute Gasteiger partial charge is 0.573 e. The Morgan fingerprint density at radius 3 is 2.65 bits per heavy atom. The Morgan fingerprint density at radius 2 is 2.04 bits per heavy atom. The van der Waals surface area contributed by atoms with Crippen molar-refractivity contribution < 1.29 is 17.9 Å². The predicted octanol–water partition coefficient (Wildman–Crippen LogP) is 4.95. The number of nitrogens with one attached hydrogen (secondary N) is 1.